The van der Waals surface area contributed by atoms with E-state index in [1.807, 2.05) is 0 Å². The number of pyridine rings is 1. The van der Waals surface area contributed by atoms with E-state index in [1.54, 1.807) is 0 Å². The Morgan fingerprint density at radius 3 is 2.52 bits per heavy atom. The molecule has 2 aliphatic rings. The van der Waals surface area contributed by atoms with Gasteiger partial charge in [0.05, 0.1) is 29.8 Å². The highest BCUT2D eigenvalue weighted by Crippen LogP contribution is 2.49. The lowest BCUT2D eigenvalue weighted by atomic mass is 9.74. The number of carbonyl (C=O) groups excluding carboxylic acids is 1. The number of anilines is 1. The van der Waals surface area contributed by atoms with Crippen LogP contribution in [0.15, 0.2) is 42.6 Å². The summed E-state index contributed by atoms with van der Waals surface area (Å²) in [6, 6.07) is 6.14. The van der Waals surface area contributed by atoms with Crippen molar-refractivity contribution in [2.45, 2.75) is 43.0 Å². The van der Waals surface area contributed by atoms with Crippen LogP contribution in [0.5, 0.6) is 0 Å². The number of aromatic nitrogens is 1. The minimum Gasteiger partial charge on any atom is -0.390 e. The molecule has 1 aromatic heterocycles. The largest absolute Gasteiger partial charge is 0.433 e. The molecule has 2 fully saturated rings. The number of alkyl halides is 6. The number of benzene rings is 1. The Morgan fingerprint density at radius 1 is 1.10 bits per heavy atom. The molecule has 31 heavy (non-hydrogen) atoms. The lowest BCUT2D eigenvalue weighted by molar-refractivity contribution is -0.141. The van der Waals surface area contributed by atoms with Crippen molar-refractivity contribution in [3.63, 3.8) is 0 Å². The molecule has 5 atom stereocenters. The van der Waals surface area contributed by atoms with Crippen LogP contribution >= 0.6 is 0 Å². The molecule has 2 bridgehead atoms. The molecule has 1 aromatic carbocycles. The molecule has 0 spiro atoms. The third-order valence-electron chi connectivity index (χ3n) is 5.55. The highest BCUT2D eigenvalue weighted by molar-refractivity contribution is 5.94. The van der Waals surface area contributed by atoms with Crippen LogP contribution in [0.3, 0.4) is 0 Å². The van der Waals surface area contributed by atoms with Gasteiger partial charge in [0.15, 0.2) is 0 Å². The predicted molar refractivity (Wildman–Crippen MR) is 94.8 cm³/mol. The molecular formula is C20H16F6N2O3. The first-order valence-corrected chi connectivity index (χ1v) is 9.30. The summed E-state index contributed by atoms with van der Waals surface area (Å²) in [5.74, 6) is -2.61. The van der Waals surface area contributed by atoms with Crippen molar-refractivity contribution in [1.82, 2.24) is 4.98 Å². The van der Waals surface area contributed by atoms with Crippen molar-refractivity contribution in [2.24, 2.45) is 5.92 Å². The fourth-order valence-corrected chi connectivity index (χ4v) is 4.25. The van der Waals surface area contributed by atoms with E-state index < -0.39 is 59.7 Å². The third kappa shape index (κ3) is 4.11. The first kappa shape index (κ1) is 21.6. The number of carbonyl (C=O) groups is 1. The smallest absolute Gasteiger partial charge is 0.390 e. The van der Waals surface area contributed by atoms with Crippen LogP contribution in [0, 0.1) is 5.92 Å². The van der Waals surface area contributed by atoms with Gasteiger partial charge in [-0.1, -0.05) is 6.07 Å². The molecular weight excluding hydrogens is 430 g/mol. The van der Waals surface area contributed by atoms with E-state index in [0.717, 1.165) is 30.5 Å². The number of aliphatic hydroxyl groups excluding tert-OH is 1. The van der Waals surface area contributed by atoms with Gasteiger partial charge in [-0.2, -0.15) is 26.3 Å². The Morgan fingerprint density at radius 2 is 1.84 bits per heavy atom. The second-order valence-corrected chi connectivity index (χ2v) is 7.53. The van der Waals surface area contributed by atoms with Crippen LogP contribution in [-0.4, -0.2) is 34.3 Å². The first-order chi connectivity index (χ1) is 14.4. The normalized spacial score (nSPS) is 28.0. The molecule has 2 aliphatic heterocycles. The Balaban J connectivity index is 1.63. The van der Waals surface area contributed by atoms with Gasteiger partial charge < -0.3 is 15.2 Å². The van der Waals surface area contributed by atoms with E-state index in [0.29, 0.717) is 0 Å². The van der Waals surface area contributed by atoms with Crippen molar-refractivity contribution >= 4 is 11.6 Å². The fourth-order valence-electron chi connectivity index (χ4n) is 4.25. The number of amides is 1. The number of aliphatic hydroxyl groups is 1. The maximum absolute atomic E-state index is 13.1. The van der Waals surface area contributed by atoms with Gasteiger partial charge in [-0.05, 0) is 35.9 Å². The molecule has 4 rings (SSSR count). The quantitative estimate of drug-likeness (QED) is 0.700. The van der Waals surface area contributed by atoms with Crippen molar-refractivity contribution in [3.05, 3.63) is 59.4 Å². The second-order valence-electron chi connectivity index (χ2n) is 7.53. The molecule has 0 radical (unpaired) electrons. The molecule has 166 valence electrons. The van der Waals surface area contributed by atoms with E-state index in [1.165, 1.54) is 12.1 Å². The summed E-state index contributed by atoms with van der Waals surface area (Å²) in [7, 11) is 0. The fraction of sp³-hybridized carbons (Fsp3) is 0.400. The van der Waals surface area contributed by atoms with Gasteiger partial charge in [-0.25, -0.2) is 0 Å². The molecule has 2 N–H and O–H groups in total. The number of ether oxygens (including phenoxy) is 1. The zero-order valence-electron chi connectivity index (χ0n) is 15.6. The van der Waals surface area contributed by atoms with E-state index >= 15 is 0 Å². The van der Waals surface area contributed by atoms with Gasteiger partial charge >= 0.3 is 12.4 Å². The van der Waals surface area contributed by atoms with E-state index in [9.17, 15) is 36.2 Å². The van der Waals surface area contributed by atoms with Crippen LogP contribution in [0.1, 0.15) is 29.2 Å². The van der Waals surface area contributed by atoms with Crippen LogP contribution in [0.2, 0.25) is 0 Å². The molecule has 0 saturated carbocycles. The minimum absolute atomic E-state index is 0.0963. The summed E-state index contributed by atoms with van der Waals surface area (Å²) in [4.78, 5) is 16.2. The zero-order valence-corrected chi connectivity index (χ0v) is 15.6. The number of hydrogen-bond donors (Lipinski definition) is 2. The SMILES string of the molecule is O=C(Nc1cccc(C(F)(F)F)c1)[C@@H]1[C@@H](c2ccnc(C(F)(F)F)c2)[C@H]2O[C@@H]1C[C@@H]2O. The maximum atomic E-state index is 13.1. The molecule has 0 aliphatic carbocycles. The van der Waals surface area contributed by atoms with E-state index in [-0.39, 0.29) is 17.7 Å². The van der Waals surface area contributed by atoms with E-state index in [2.05, 4.69) is 10.3 Å². The molecule has 1 amide bonds. The average molecular weight is 446 g/mol. The number of fused-ring (bicyclic) bond motifs is 2. The van der Waals surface area contributed by atoms with E-state index in [4.69, 9.17) is 4.74 Å². The third-order valence-corrected chi connectivity index (χ3v) is 5.55. The lowest BCUT2D eigenvalue weighted by Crippen LogP contribution is -2.41. The number of hydrogen-bond acceptors (Lipinski definition) is 4. The molecule has 0 unspecified atom stereocenters. The number of nitrogens with zero attached hydrogens (tertiary/aromatic N) is 1. The highest BCUT2D eigenvalue weighted by atomic mass is 19.4. The number of nitrogens with one attached hydrogen (secondary N) is 1. The van der Waals surface area contributed by atoms with Crippen molar-refractivity contribution < 1.29 is 41.0 Å². The Labute approximate surface area is 172 Å². The highest BCUT2D eigenvalue weighted by Gasteiger charge is 2.57. The minimum atomic E-state index is -4.71. The zero-order chi connectivity index (χ0) is 22.6. The monoisotopic (exact) mass is 446 g/mol. The number of rotatable bonds is 3. The summed E-state index contributed by atoms with van der Waals surface area (Å²) in [6.45, 7) is 0. The first-order valence-electron chi connectivity index (χ1n) is 9.30. The van der Waals surface area contributed by atoms with Crippen LogP contribution in [0.4, 0.5) is 32.0 Å². The van der Waals surface area contributed by atoms with Crippen LogP contribution < -0.4 is 5.32 Å². The van der Waals surface area contributed by atoms with Gasteiger partial charge in [-0.3, -0.25) is 9.78 Å². The predicted octanol–water partition coefficient (Wildman–Crippen LogP) is 3.99. The van der Waals surface area contributed by atoms with Crippen LogP contribution in [0.25, 0.3) is 0 Å². The topological polar surface area (TPSA) is 71.5 Å². The molecule has 5 nitrogen and oxygen atoms in total. The van der Waals surface area contributed by atoms with Gasteiger partial charge in [0, 0.05) is 24.2 Å². The Kier molecular flexibility index (Phi) is 5.21. The molecule has 11 heteroatoms. The lowest BCUT2D eigenvalue weighted by Gasteiger charge is -2.30. The summed E-state index contributed by atoms with van der Waals surface area (Å²) in [5, 5.41) is 12.6. The summed E-state index contributed by atoms with van der Waals surface area (Å²) in [6.07, 6.45) is -10.9. The van der Waals surface area contributed by atoms with Gasteiger partial charge in [0.1, 0.15) is 5.69 Å². The number of halogens is 6. The van der Waals surface area contributed by atoms with Crippen LogP contribution in [-0.2, 0) is 21.9 Å². The summed E-state index contributed by atoms with van der Waals surface area (Å²) in [5.41, 5.74) is -2.10. The Bertz CT molecular complexity index is 993. The summed E-state index contributed by atoms with van der Waals surface area (Å²) < 4.78 is 83.7. The second kappa shape index (κ2) is 7.49. The average Bonchev–Trinajstić information content (AvgIpc) is 3.24. The Hall–Kier alpha value is -2.66. The van der Waals surface area contributed by atoms with Gasteiger partial charge in [-0.15, -0.1) is 0 Å². The molecule has 3 heterocycles. The standard InChI is InChI=1S/C20H16F6N2O3/c21-19(22,23)10-2-1-3-11(7-10)28-18(30)16-13-8-12(29)17(31-13)15(16)9-4-5-27-14(6-9)20(24,25)26/h1-7,12-13,15-17,29H,8H2,(H,28,30)/t12-,13+,15+,16-,17-/m0/s1. The maximum Gasteiger partial charge on any atom is 0.433 e. The van der Waals surface area contributed by atoms with Crippen molar-refractivity contribution in [2.75, 3.05) is 5.32 Å². The summed E-state index contributed by atoms with van der Waals surface area (Å²) >= 11 is 0. The molecule has 2 aromatic rings. The van der Waals surface area contributed by atoms with Gasteiger partial charge in [0.2, 0.25) is 5.91 Å². The van der Waals surface area contributed by atoms with Gasteiger partial charge in [0.25, 0.3) is 0 Å². The van der Waals surface area contributed by atoms with Crippen molar-refractivity contribution in [1.29, 1.82) is 0 Å². The molecule has 2 saturated heterocycles. The van der Waals surface area contributed by atoms with Crippen molar-refractivity contribution in [3.8, 4) is 0 Å².